The van der Waals surface area contributed by atoms with E-state index in [1.165, 1.54) is 18.2 Å². The number of rotatable bonds is 3. The number of hydrogen-bond acceptors (Lipinski definition) is 4. The van der Waals surface area contributed by atoms with Crippen LogP contribution in [-0.4, -0.2) is 33.1 Å². The van der Waals surface area contributed by atoms with Crippen molar-refractivity contribution < 1.29 is 31.1 Å². The molecule has 3 N–H and O–H groups in total. The summed E-state index contributed by atoms with van der Waals surface area (Å²) < 4.78 is 63.6. The van der Waals surface area contributed by atoms with E-state index in [0.29, 0.717) is 5.56 Å². The molecule has 0 bridgehead atoms. The van der Waals surface area contributed by atoms with Gasteiger partial charge < -0.3 is 10.1 Å². The van der Waals surface area contributed by atoms with Crippen molar-refractivity contribution >= 4 is 15.9 Å². The molecule has 0 spiro atoms. The molecule has 1 atom stereocenters. The number of halogens is 3. The highest BCUT2D eigenvalue weighted by atomic mass is 32.2. The Bertz CT molecular complexity index is 673. The monoisotopic (exact) mass is 324 g/mol. The first kappa shape index (κ1) is 15.6. The van der Waals surface area contributed by atoms with Gasteiger partial charge in [0.25, 0.3) is 5.91 Å². The highest BCUT2D eigenvalue weighted by molar-refractivity contribution is 7.89. The average Bonchev–Trinajstić information content (AvgIpc) is 2.76. The van der Waals surface area contributed by atoms with Gasteiger partial charge in [-0.1, -0.05) is 0 Å². The maximum absolute atomic E-state index is 12.0. The Kier molecular flexibility index (Phi) is 3.85. The predicted molar refractivity (Wildman–Crippen MR) is 65.0 cm³/mol. The van der Waals surface area contributed by atoms with Crippen LogP contribution >= 0.6 is 0 Å². The van der Waals surface area contributed by atoms with Crippen molar-refractivity contribution in [1.82, 2.24) is 5.32 Å². The number of amides is 1. The number of carbonyl (C=O) groups excluding carboxylic acids is 1. The maximum atomic E-state index is 12.0. The SMILES string of the molecule is NS(=O)(=O)c1ccc2c(c1)CC(C(=O)NCC(F)(F)F)O2. The number of alkyl halides is 3. The zero-order chi connectivity index (χ0) is 15.8. The quantitative estimate of drug-likeness (QED) is 0.836. The Morgan fingerprint density at radius 3 is 2.67 bits per heavy atom. The molecule has 0 fully saturated rings. The van der Waals surface area contributed by atoms with Gasteiger partial charge >= 0.3 is 6.18 Å². The van der Waals surface area contributed by atoms with Crippen LogP contribution in [0.2, 0.25) is 0 Å². The normalized spacial score (nSPS) is 18.0. The molecule has 1 aliphatic rings. The Morgan fingerprint density at radius 1 is 1.43 bits per heavy atom. The summed E-state index contributed by atoms with van der Waals surface area (Å²) in [4.78, 5) is 11.4. The molecule has 116 valence electrons. The van der Waals surface area contributed by atoms with Gasteiger partial charge in [-0.15, -0.1) is 0 Å². The molecular weight excluding hydrogens is 313 g/mol. The molecule has 1 aromatic rings. The van der Waals surface area contributed by atoms with Gasteiger partial charge in [-0.2, -0.15) is 13.2 Å². The lowest BCUT2D eigenvalue weighted by atomic mass is 10.1. The third-order valence-electron chi connectivity index (χ3n) is 2.79. The van der Waals surface area contributed by atoms with Gasteiger partial charge in [0, 0.05) is 6.42 Å². The first-order valence-corrected chi connectivity index (χ1v) is 7.28. The number of benzene rings is 1. The van der Waals surface area contributed by atoms with Crippen molar-refractivity contribution in [3.05, 3.63) is 23.8 Å². The molecular formula is C11H11F3N2O4S. The van der Waals surface area contributed by atoms with Crippen molar-refractivity contribution in [3.8, 4) is 5.75 Å². The fourth-order valence-corrected chi connectivity index (χ4v) is 2.41. The Balaban J connectivity index is 2.08. The number of ether oxygens (including phenoxy) is 1. The van der Waals surface area contributed by atoms with E-state index in [4.69, 9.17) is 9.88 Å². The van der Waals surface area contributed by atoms with E-state index in [9.17, 15) is 26.4 Å². The van der Waals surface area contributed by atoms with Crippen LogP contribution in [0, 0.1) is 0 Å². The van der Waals surface area contributed by atoms with Crippen LogP contribution in [0.1, 0.15) is 5.56 Å². The summed E-state index contributed by atoms with van der Waals surface area (Å²) in [5, 5.41) is 6.68. The second-order valence-electron chi connectivity index (χ2n) is 4.46. The molecule has 1 heterocycles. The summed E-state index contributed by atoms with van der Waals surface area (Å²) in [6, 6.07) is 3.75. The van der Waals surface area contributed by atoms with Gasteiger partial charge in [0.1, 0.15) is 12.3 Å². The zero-order valence-corrected chi connectivity index (χ0v) is 11.3. The number of primary sulfonamides is 1. The summed E-state index contributed by atoms with van der Waals surface area (Å²) in [7, 11) is -3.90. The van der Waals surface area contributed by atoms with Crippen LogP contribution in [0.3, 0.4) is 0 Å². The van der Waals surface area contributed by atoms with Crippen LogP contribution in [-0.2, 0) is 21.2 Å². The van der Waals surface area contributed by atoms with Crippen molar-refractivity contribution in [3.63, 3.8) is 0 Å². The summed E-state index contributed by atoms with van der Waals surface area (Å²) in [5.41, 5.74) is 0.397. The minimum atomic E-state index is -4.51. The standard InChI is InChI=1S/C11H11F3N2O4S/c12-11(13,14)5-16-10(17)9-4-6-3-7(21(15,18)19)1-2-8(6)20-9/h1-3,9H,4-5H2,(H,16,17)(H2,15,18,19). The fourth-order valence-electron chi connectivity index (χ4n) is 1.85. The smallest absolute Gasteiger partial charge is 0.405 e. The molecule has 1 amide bonds. The van der Waals surface area contributed by atoms with E-state index in [1.807, 2.05) is 0 Å². The highest BCUT2D eigenvalue weighted by Crippen LogP contribution is 2.30. The van der Waals surface area contributed by atoms with E-state index >= 15 is 0 Å². The molecule has 0 saturated carbocycles. The largest absolute Gasteiger partial charge is 0.480 e. The molecule has 6 nitrogen and oxygen atoms in total. The number of hydrogen-bond donors (Lipinski definition) is 2. The number of carbonyl (C=O) groups is 1. The van der Waals surface area contributed by atoms with Gasteiger partial charge in [-0.25, -0.2) is 13.6 Å². The van der Waals surface area contributed by atoms with Crippen molar-refractivity contribution in [2.75, 3.05) is 6.54 Å². The topological polar surface area (TPSA) is 98.5 Å². The van der Waals surface area contributed by atoms with Crippen molar-refractivity contribution in [2.24, 2.45) is 5.14 Å². The Hall–Kier alpha value is -1.81. The lowest BCUT2D eigenvalue weighted by Gasteiger charge is -2.12. The van der Waals surface area contributed by atoms with Crippen LogP contribution in [0.5, 0.6) is 5.75 Å². The van der Waals surface area contributed by atoms with Crippen LogP contribution < -0.4 is 15.2 Å². The van der Waals surface area contributed by atoms with Gasteiger partial charge in [-0.05, 0) is 23.8 Å². The summed E-state index contributed by atoms with van der Waals surface area (Å²) in [6.07, 6.45) is -5.66. The molecule has 0 radical (unpaired) electrons. The second kappa shape index (κ2) is 5.19. The summed E-state index contributed by atoms with van der Waals surface area (Å²) in [6.45, 7) is -1.45. The van der Waals surface area contributed by atoms with Crippen molar-refractivity contribution in [1.29, 1.82) is 0 Å². The third-order valence-corrected chi connectivity index (χ3v) is 3.70. The summed E-state index contributed by atoms with van der Waals surface area (Å²) in [5.74, 6) is -0.671. The minimum absolute atomic E-state index is 0.0254. The average molecular weight is 324 g/mol. The number of nitrogens with two attached hydrogens (primary N) is 1. The Labute approximate surface area is 118 Å². The summed E-state index contributed by atoms with van der Waals surface area (Å²) >= 11 is 0. The Morgan fingerprint density at radius 2 is 2.10 bits per heavy atom. The lowest BCUT2D eigenvalue weighted by Crippen LogP contribution is -2.42. The number of fused-ring (bicyclic) bond motifs is 1. The van der Waals surface area contributed by atoms with Crippen LogP contribution in [0.25, 0.3) is 0 Å². The lowest BCUT2D eigenvalue weighted by molar-refractivity contribution is -0.142. The maximum Gasteiger partial charge on any atom is 0.405 e. The van der Waals surface area contributed by atoms with Gasteiger partial charge in [0.05, 0.1) is 4.90 Å². The van der Waals surface area contributed by atoms with Crippen molar-refractivity contribution in [2.45, 2.75) is 23.6 Å². The molecule has 21 heavy (non-hydrogen) atoms. The number of sulfonamides is 1. The molecule has 10 heteroatoms. The minimum Gasteiger partial charge on any atom is -0.480 e. The van der Waals surface area contributed by atoms with Gasteiger partial charge in [0.15, 0.2) is 6.10 Å². The van der Waals surface area contributed by atoms with Gasteiger partial charge in [-0.3, -0.25) is 4.79 Å². The molecule has 2 rings (SSSR count). The third kappa shape index (κ3) is 3.85. The van der Waals surface area contributed by atoms with Crippen LogP contribution in [0.4, 0.5) is 13.2 Å². The molecule has 1 aliphatic heterocycles. The molecule has 1 aromatic carbocycles. The molecule has 0 saturated heterocycles. The zero-order valence-electron chi connectivity index (χ0n) is 10.5. The number of nitrogens with one attached hydrogen (secondary N) is 1. The first-order chi connectivity index (χ1) is 9.56. The van der Waals surface area contributed by atoms with E-state index in [0.717, 1.165) is 0 Å². The second-order valence-corrected chi connectivity index (χ2v) is 6.02. The van der Waals surface area contributed by atoms with Gasteiger partial charge in [0.2, 0.25) is 10.0 Å². The predicted octanol–water partition coefficient (Wildman–Crippen LogP) is 0.316. The fraction of sp³-hybridized carbons (Fsp3) is 0.364. The van der Waals surface area contributed by atoms with Crippen LogP contribution in [0.15, 0.2) is 23.1 Å². The van der Waals surface area contributed by atoms with E-state index < -0.39 is 34.8 Å². The molecule has 0 aromatic heterocycles. The molecule has 0 aliphatic carbocycles. The first-order valence-electron chi connectivity index (χ1n) is 5.73. The van der Waals surface area contributed by atoms with E-state index in [2.05, 4.69) is 0 Å². The highest BCUT2D eigenvalue weighted by Gasteiger charge is 2.33. The van der Waals surface area contributed by atoms with E-state index in [1.54, 1.807) is 5.32 Å². The van der Waals surface area contributed by atoms with E-state index in [-0.39, 0.29) is 17.1 Å². The molecule has 1 unspecified atom stereocenters.